The standard InChI is InChI=1S/C12H19N3O/c1-2-3-4-7-13-12(16)11-8-10(14-15-11)9-5-6-9/h8-9H,2-7H2,1H3,(H,13,16)(H,14,15). The monoisotopic (exact) mass is 221 g/mol. The molecule has 0 bridgehead atoms. The lowest BCUT2D eigenvalue weighted by atomic mass is 10.2. The molecule has 1 aliphatic carbocycles. The number of nitrogens with zero attached hydrogens (tertiary/aromatic N) is 1. The highest BCUT2D eigenvalue weighted by Gasteiger charge is 2.26. The van der Waals surface area contributed by atoms with Crippen LogP contribution in [0, 0.1) is 0 Å². The molecule has 2 rings (SSSR count). The van der Waals surface area contributed by atoms with Gasteiger partial charge in [-0.3, -0.25) is 9.89 Å². The number of rotatable bonds is 6. The van der Waals surface area contributed by atoms with Crippen molar-refractivity contribution in [3.63, 3.8) is 0 Å². The molecule has 1 aromatic heterocycles. The quantitative estimate of drug-likeness (QED) is 0.723. The summed E-state index contributed by atoms with van der Waals surface area (Å²) in [6, 6.07) is 1.88. The van der Waals surface area contributed by atoms with Crippen LogP contribution in [0.3, 0.4) is 0 Å². The van der Waals surface area contributed by atoms with Gasteiger partial charge in [0.05, 0.1) is 0 Å². The smallest absolute Gasteiger partial charge is 0.271 e. The average Bonchev–Trinajstić information content (AvgIpc) is 3.02. The van der Waals surface area contributed by atoms with Crippen LogP contribution in [0.25, 0.3) is 0 Å². The molecule has 16 heavy (non-hydrogen) atoms. The normalized spacial score (nSPS) is 15.1. The fraction of sp³-hybridized carbons (Fsp3) is 0.667. The highest BCUT2D eigenvalue weighted by atomic mass is 16.1. The lowest BCUT2D eigenvalue weighted by molar-refractivity contribution is 0.0948. The Balaban J connectivity index is 1.78. The lowest BCUT2D eigenvalue weighted by Crippen LogP contribution is -2.24. The summed E-state index contributed by atoms with van der Waals surface area (Å²) in [7, 11) is 0. The molecule has 1 heterocycles. The van der Waals surface area contributed by atoms with E-state index in [0.717, 1.165) is 25.1 Å². The molecule has 1 fully saturated rings. The van der Waals surface area contributed by atoms with Crippen LogP contribution in [0.1, 0.15) is 61.1 Å². The van der Waals surface area contributed by atoms with Crippen LogP contribution < -0.4 is 5.32 Å². The minimum absolute atomic E-state index is 0.0562. The second-order valence-corrected chi connectivity index (χ2v) is 4.45. The largest absolute Gasteiger partial charge is 0.351 e. The number of aromatic nitrogens is 2. The number of carbonyl (C=O) groups excluding carboxylic acids is 1. The SMILES string of the molecule is CCCCCNC(=O)c1cc(C2CC2)[nH]n1. The maximum atomic E-state index is 11.7. The van der Waals surface area contributed by atoms with Crippen LogP contribution in [0.15, 0.2) is 6.07 Å². The molecule has 1 amide bonds. The van der Waals surface area contributed by atoms with E-state index in [1.54, 1.807) is 0 Å². The average molecular weight is 221 g/mol. The van der Waals surface area contributed by atoms with Gasteiger partial charge in [0.2, 0.25) is 0 Å². The molecule has 2 N–H and O–H groups in total. The summed E-state index contributed by atoms with van der Waals surface area (Å²) in [5, 5.41) is 9.86. The zero-order valence-corrected chi connectivity index (χ0v) is 9.75. The number of amides is 1. The van der Waals surface area contributed by atoms with Crippen molar-refractivity contribution in [2.45, 2.75) is 44.9 Å². The molecule has 0 aliphatic heterocycles. The van der Waals surface area contributed by atoms with E-state index in [1.807, 2.05) is 6.07 Å². The Hall–Kier alpha value is -1.32. The third-order valence-corrected chi connectivity index (χ3v) is 2.91. The Labute approximate surface area is 95.8 Å². The number of unbranched alkanes of at least 4 members (excludes halogenated alkanes) is 2. The van der Waals surface area contributed by atoms with Gasteiger partial charge in [0.1, 0.15) is 5.69 Å². The van der Waals surface area contributed by atoms with Crippen molar-refractivity contribution in [1.82, 2.24) is 15.5 Å². The van der Waals surface area contributed by atoms with E-state index in [-0.39, 0.29) is 5.91 Å². The van der Waals surface area contributed by atoms with Gasteiger partial charge < -0.3 is 5.32 Å². The zero-order chi connectivity index (χ0) is 11.4. The van der Waals surface area contributed by atoms with Crippen molar-refractivity contribution < 1.29 is 4.79 Å². The molecule has 0 saturated heterocycles. The van der Waals surface area contributed by atoms with Gasteiger partial charge in [0.25, 0.3) is 5.91 Å². The topological polar surface area (TPSA) is 57.8 Å². The Bertz CT molecular complexity index is 355. The Morgan fingerprint density at radius 2 is 2.38 bits per heavy atom. The third-order valence-electron chi connectivity index (χ3n) is 2.91. The molecule has 0 spiro atoms. The molecule has 4 nitrogen and oxygen atoms in total. The highest BCUT2D eigenvalue weighted by molar-refractivity contribution is 5.92. The molecule has 0 atom stereocenters. The third kappa shape index (κ3) is 2.84. The summed E-state index contributed by atoms with van der Waals surface area (Å²) in [6.45, 7) is 2.90. The minimum Gasteiger partial charge on any atom is -0.351 e. The van der Waals surface area contributed by atoms with Gasteiger partial charge in [0.15, 0.2) is 0 Å². The van der Waals surface area contributed by atoms with Crippen molar-refractivity contribution >= 4 is 5.91 Å². The fourth-order valence-electron chi connectivity index (χ4n) is 1.72. The Kier molecular flexibility index (Phi) is 3.59. The summed E-state index contributed by atoms with van der Waals surface area (Å²) in [4.78, 5) is 11.7. The van der Waals surface area contributed by atoms with Gasteiger partial charge in [-0.25, -0.2) is 0 Å². The van der Waals surface area contributed by atoms with Gasteiger partial charge in [-0.1, -0.05) is 19.8 Å². The first-order valence-corrected chi connectivity index (χ1v) is 6.14. The van der Waals surface area contributed by atoms with Crippen LogP contribution in [0.5, 0.6) is 0 Å². The van der Waals surface area contributed by atoms with Gasteiger partial charge in [-0.15, -0.1) is 0 Å². The second kappa shape index (κ2) is 5.14. The molecule has 1 aliphatic rings. The van der Waals surface area contributed by atoms with E-state index in [9.17, 15) is 4.79 Å². The molecule has 0 unspecified atom stereocenters. The number of nitrogens with one attached hydrogen (secondary N) is 2. The fourth-order valence-corrected chi connectivity index (χ4v) is 1.72. The molecule has 1 aromatic rings. The van der Waals surface area contributed by atoms with Crippen molar-refractivity contribution in [2.24, 2.45) is 0 Å². The van der Waals surface area contributed by atoms with E-state index in [1.165, 1.54) is 19.3 Å². The summed E-state index contributed by atoms with van der Waals surface area (Å²) < 4.78 is 0. The van der Waals surface area contributed by atoms with E-state index in [0.29, 0.717) is 11.6 Å². The number of aromatic amines is 1. The van der Waals surface area contributed by atoms with Crippen LogP contribution in [-0.4, -0.2) is 22.6 Å². The van der Waals surface area contributed by atoms with Crippen LogP contribution in [-0.2, 0) is 0 Å². The first kappa shape index (κ1) is 11.2. The summed E-state index contributed by atoms with van der Waals surface area (Å²) in [5.41, 5.74) is 1.64. The van der Waals surface area contributed by atoms with Gasteiger partial charge in [-0.05, 0) is 25.3 Å². The van der Waals surface area contributed by atoms with E-state index in [4.69, 9.17) is 0 Å². The predicted octanol–water partition coefficient (Wildman–Crippen LogP) is 2.21. The van der Waals surface area contributed by atoms with E-state index in [2.05, 4.69) is 22.4 Å². The maximum absolute atomic E-state index is 11.7. The first-order valence-electron chi connectivity index (χ1n) is 6.14. The van der Waals surface area contributed by atoms with Gasteiger partial charge in [0, 0.05) is 18.2 Å². The molecular weight excluding hydrogens is 202 g/mol. The van der Waals surface area contributed by atoms with Crippen LogP contribution >= 0.6 is 0 Å². The van der Waals surface area contributed by atoms with Gasteiger partial charge >= 0.3 is 0 Å². The molecule has 1 saturated carbocycles. The molecular formula is C12H19N3O. The molecule has 0 aromatic carbocycles. The highest BCUT2D eigenvalue weighted by Crippen LogP contribution is 2.38. The number of carbonyl (C=O) groups is 1. The van der Waals surface area contributed by atoms with Crippen molar-refractivity contribution in [1.29, 1.82) is 0 Å². The summed E-state index contributed by atoms with van der Waals surface area (Å²) in [6.07, 6.45) is 5.82. The predicted molar refractivity (Wildman–Crippen MR) is 62.4 cm³/mol. The second-order valence-electron chi connectivity index (χ2n) is 4.45. The summed E-state index contributed by atoms with van der Waals surface area (Å²) >= 11 is 0. The van der Waals surface area contributed by atoms with Gasteiger partial charge in [-0.2, -0.15) is 5.10 Å². The van der Waals surface area contributed by atoms with E-state index < -0.39 is 0 Å². The van der Waals surface area contributed by atoms with E-state index >= 15 is 0 Å². The Morgan fingerprint density at radius 3 is 3.06 bits per heavy atom. The van der Waals surface area contributed by atoms with Crippen molar-refractivity contribution in [2.75, 3.05) is 6.54 Å². The maximum Gasteiger partial charge on any atom is 0.271 e. The van der Waals surface area contributed by atoms with Crippen molar-refractivity contribution in [3.05, 3.63) is 17.5 Å². The Morgan fingerprint density at radius 1 is 1.56 bits per heavy atom. The zero-order valence-electron chi connectivity index (χ0n) is 9.75. The number of H-pyrrole nitrogens is 1. The molecule has 4 heteroatoms. The summed E-state index contributed by atoms with van der Waals surface area (Å²) in [5.74, 6) is 0.563. The van der Waals surface area contributed by atoms with Crippen molar-refractivity contribution in [3.8, 4) is 0 Å². The molecule has 88 valence electrons. The van der Waals surface area contributed by atoms with Crippen LogP contribution in [0.2, 0.25) is 0 Å². The van der Waals surface area contributed by atoms with Crippen LogP contribution in [0.4, 0.5) is 0 Å². The number of hydrogen-bond acceptors (Lipinski definition) is 2. The number of hydrogen-bond donors (Lipinski definition) is 2. The minimum atomic E-state index is -0.0562. The molecule has 0 radical (unpaired) electrons. The first-order chi connectivity index (χ1) is 7.81. The lowest BCUT2D eigenvalue weighted by Gasteiger charge is -2.01.